The molecule has 0 fully saturated rings. The van der Waals surface area contributed by atoms with Gasteiger partial charge in [-0.3, -0.25) is 14.8 Å². The van der Waals surface area contributed by atoms with Crippen LogP contribution in [-0.2, 0) is 13.5 Å². The summed E-state index contributed by atoms with van der Waals surface area (Å²) in [6.07, 6.45) is 4.43. The largest absolute Gasteiger partial charge is 0.364 e. The van der Waals surface area contributed by atoms with Crippen LogP contribution in [0.5, 0.6) is 0 Å². The van der Waals surface area contributed by atoms with E-state index in [1.54, 1.807) is 23.9 Å². The third-order valence-electron chi connectivity index (χ3n) is 2.67. The Bertz CT molecular complexity index is 594. The smallest absolute Gasteiger partial charge is 0.311 e. The number of nitrogens with zero attached hydrogens (tertiary/aromatic N) is 4. The summed E-state index contributed by atoms with van der Waals surface area (Å²) in [5.41, 5.74) is 1.82. The average Bonchev–Trinajstić information content (AvgIpc) is 2.75. The second-order valence-corrected chi connectivity index (χ2v) is 4.28. The lowest BCUT2D eigenvalue weighted by atomic mass is 10.2. The molecule has 2 aromatic heterocycles. The van der Waals surface area contributed by atoms with E-state index in [0.29, 0.717) is 12.4 Å². The zero-order valence-corrected chi connectivity index (χ0v) is 10.8. The molecular formula is C12H15N5O2. The molecule has 7 heteroatoms. The molecule has 0 spiro atoms. The maximum absolute atomic E-state index is 10.9. The molecule has 0 unspecified atom stereocenters. The van der Waals surface area contributed by atoms with Crippen molar-refractivity contribution in [1.29, 1.82) is 0 Å². The molecule has 0 radical (unpaired) electrons. The number of nitrogens with one attached hydrogen (secondary N) is 1. The predicted molar refractivity (Wildman–Crippen MR) is 71.0 cm³/mol. The highest BCUT2D eigenvalue weighted by molar-refractivity contribution is 5.56. The summed E-state index contributed by atoms with van der Waals surface area (Å²) in [4.78, 5) is 14.6. The summed E-state index contributed by atoms with van der Waals surface area (Å²) in [5.74, 6) is 0.314. The molecule has 0 aliphatic heterocycles. The van der Waals surface area contributed by atoms with E-state index >= 15 is 0 Å². The molecule has 100 valence electrons. The zero-order valence-electron chi connectivity index (χ0n) is 10.8. The fraction of sp³-hybridized carbons (Fsp3) is 0.333. The van der Waals surface area contributed by atoms with Crippen LogP contribution in [0.3, 0.4) is 0 Å². The van der Waals surface area contributed by atoms with Gasteiger partial charge >= 0.3 is 5.69 Å². The van der Waals surface area contributed by atoms with Crippen molar-refractivity contribution >= 4 is 11.5 Å². The van der Waals surface area contributed by atoms with Gasteiger partial charge in [0.05, 0.1) is 11.1 Å². The van der Waals surface area contributed by atoms with Gasteiger partial charge in [-0.25, -0.2) is 4.98 Å². The third-order valence-corrected chi connectivity index (χ3v) is 2.67. The Labute approximate surface area is 110 Å². The van der Waals surface area contributed by atoms with E-state index in [9.17, 15) is 10.1 Å². The Kier molecular flexibility index (Phi) is 3.74. The molecule has 2 aromatic rings. The van der Waals surface area contributed by atoms with Gasteiger partial charge in [0.25, 0.3) is 0 Å². The fourth-order valence-electron chi connectivity index (χ4n) is 1.75. The van der Waals surface area contributed by atoms with Gasteiger partial charge in [-0.1, -0.05) is 0 Å². The topological polar surface area (TPSA) is 85.9 Å². The molecule has 0 atom stereocenters. The van der Waals surface area contributed by atoms with E-state index in [2.05, 4.69) is 15.4 Å². The molecule has 0 saturated heterocycles. The number of pyridine rings is 1. The molecule has 0 saturated carbocycles. The normalized spacial score (nSPS) is 10.4. The van der Waals surface area contributed by atoms with E-state index < -0.39 is 4.92 Å². The van der Waals surface area contributed by atoms with Crippen LogP contribution in [0.4, 0.5) is 11.5 Å². The summed E-state index contributed by atoms with van der Waals surface area (Å²) in [6.45, 7) is 2.37. The average molecular weight is 261 g/mol. The summed E-state index contributed by atoms with van der Waals surface area (Å²) in [5, 5.41) is 18.0. The number of aryl methyl sites for hydroxylation is 2. The number of aromatic nitrogens is 3. The first-order valence-electron chi connectivity index (χ1n) is 5.89. The number of nitro groups is 1. The lowest BCUT2D eigenvalue weighted by molar-refractivity contribution is -0.384. The van der Waals surface area contributed by atoms with Crippen LogP contribution in [-0.4, -0.2) is 26.2 Å². The Morgan fingerprint density at radius 1 is 1.47 bits per heavy atom. The summed E-state index contributed by atoms with van der Waals surface area (Å²) >= 11 is 0. The Morgan fingerprint density at radius 3 is 2.89 bits per heavy atom. The van der Waals surface area contributed by atoms with Gasteiger partial charge in [0, 0.05) is 31.5 Å². The molecule has 0 bridgehead atoms. The maximum Gasteiger partial charge on any atom is 0.311 e. The lowest BCUT2D eigenvalue weighted by Gasteiger charge is -2.06. The second kappa shape index (κ2) is 5.47. The molecule has 0 aromatic carbocycles. The minimum atomic E-state index is -0.432. The van der Waals surface area contributed by atoms with Gasteiger partial charge < -0.3 is 5.32 Å². The maximum atomic E-state index is 10.9. The molecular weight excluding hydrogens is 246 g/mol. The molecule has 19 heavy (non-hydrogen) atoms. The van der Waals surface area contributed by atoms with Crippen LogP contribution >= 0.6 is 0 Å². The minimum absolute atomic E-state index is 0.00298. The van der Waals surface area contributed by atoms with Crippen molar-refractivity contribution in [3.05, 3.63) is 45.9 Å². The van der Waals surface area contributed by atoms with Crippen LogP contribution in [0, 0.1) is 17.0 Å². The van der Waals surface area contributed by atoms with Gasteiger partial charge in [0.15, 0.2) is 0 Å². The Hall–Kier alpha value is -2.44. The fourth-order valence-corrected chi connectivity index (χ4v) is 1.75. The summed E-state index contributed by atoms with van der Waals surface area (Å²) in [6, 6.07) is 3.10. The van der Waals surface area contributed by atoms with Crippen molar-refractivity contribution in [2.24, 2.45) is 7.05 Å². The molecule has 7 nitrogen and oxygen atoms in total. The number of hydrogen-bond acceptors (Lipinski definition) is 5. The Morgan fingerprint density at radius 2 is 2.26 bits per heavy atom. The highest BCUT2D eigenvalue weighted by Crippen LogP contribution is 2.21. The number of rotatable bonds is 5. The van der Waals surface area contributed by atoms with Crippen LogP contribution in [0.2, 0.25) is 0 Å². The van der Waals surface area contributed by atoms with Crippen LogP contribution < -0.4 is 5.32 Å². The minimum Gasteiger partial charge on any atom is -0.364 e. The van der Waals surface area contributed by atoms with Gasteiger partial charge in [0.1, 0.15) is 0 Å². The molecule has 0 aliphatic rings. The second-order valence-electron chi connectivity index (χ2n) is 4.28. The van der Waals surface area contributed by atoms with E-state index in [0.717, 1.165) is 17.7 Å². The van der Waals surface area contributed by atoms with Crippen LogP contribution in [0.15, 0.2) is 24.5 Å². The first-order chi connectivity index (χ1) is 9.06. The quantitative estimate of drug-likeness (QED) is 0.653. The highest BCUT2D eigenvalue weighted by Gasteiger charge is 2.14. The monoisotopic (exact) mass is 261 g/mol. The molecule has 0 amide bonds. The van der Waals surface area contributed by atoms with Crippen molar-refractivity contribution in [3.8, 4) is 0 Å². The van der Waals surface area contributed by atoms with Gasteiger partial charge in [-0.15, -0.1) is 0 Å². The number of hydrogen-bond donors (Lipinski definition) is 1. The van der Waals surface area contributed by atoms with Crippen LogP contribution in [0.1, 0.15) is 11.3 Å². The standard InChI is InChI=1S/C12H15N5O2/c1-9-3-4-11(17(18)19)12(15-9)13-6-5-10-7-14-16(2)8-10/h3-4,7-8H,5-6H2,1-2H3,(H,13,15). The first kappa shape index (κ1) is 13.0. The van der Waals surface area contributed by atoms with Crippen molar-refractivity contribution in [2.45, 2.75) is 13.3 Å². The SMILES string of the molecule is Cc1ccc([N+](=O)[O-])c(NCCc2cnn(C)c2)n1. The Balaban J connectivity index is 2.02. The summed E-state index contributed by atoms with van der Waals surface area (Å²) in [7, 11) is 1.85. The van der Waals surface area contributed by atoms with Gasteiger partial charge in [-0.2, -0.15) is 5.10 Å². The van der Waals surface area contributed by atoms with E-state index in [4.69, 9.17) is 0 Å². The molecule has 1 N–H and O–H groups in total. The van der Waals surface area contributed by atoms with Gasteiger partial charge in [-0.05, 0) is 25.0 Å². The lowest BCUT2D eigenvalue weighted by Crippen LogP contribution is -2.08. The molecule has 2 rings (SSSR count). The van der Waals surface area contributed by atoms with E-state index in [1.807, 2.05) is 13.2 Å². The van der Waals surface area contributed by atoms with Crippen LogP contribution in [0.25, 0.3) is 0 Å². The van der Waals surface area contributed by atoms with Crippen molar-refractivity contribution in [3.63, 3.8) is 0 Å². The third kappa shape index (κ3) is 3.27. The van der Waals surface area contributed by atoms with Crippen molar-refractivity contribution < 1.29 is 4.92 Å². The molecule has 0 aliphatic carbocycles. The first-order valence-corrected chi connectivity index (χ1v) is 5.89. The highest BCUT2D eigenvalue weighted by atomic mass is 16.6. The van der Waals surface area contributed by atoms with E-state index in [-0.39, 0.29) is 5.69 Å². The number of anilines is 1. The van der Waals surface area contributed by atoms with Crippen molar-refractivity contribution in [2.75, 3.05) is 11.9 Å². The van der Waals surface area contributed by atoms with E-state index in [1.165, 1.54) is 6.07 Å². The van der Waals surface area contributed by atoms with Gasteiger partial charge in [0.2, 0.25) is 5.82 Å². The van der Waals surface area contributed by atoms with Crippen molar-refractivity contribution in [1.82, 2.24) is 14.8 Å². The zero-order chi connectivity index (χ0) is 13.8. The predicted octanol–water partition coefficient (Wildman–Crippen LogP) is 1.69. The summed E-state index contributed by atoms with van der Waals surface area (Å²) < 4.78 is 1.72. The molecule has 2 heterocycles.